The second-order valence-electron chi connectivity index (χ2n) is 13.6. The summed E-state index contributed by atoms with van der Waals surface area (Å²) in [6.45, 7) is 0. The molecule has 11 aromatic rings. The topological polar surface area (TPSA) is 13.1 Å². The highest BCUT2D eigenvalue weighted by molar-refractivity contribution is 6.29. The molecule has 51 heavy (non-hydrogen) atoms. The molecule has 11 rings (SSSR count). The molecule has 10 aromatic carbocycles. The SMILES string of the molecule is c1cc(-c2cccc3ccccc23)cc(-c2c3ccccc3c(-c3cc4oc5c6ccccc6ccc5c4c4ccccc34)c3ccccc23)c1. The molecule has 1 heteroatoms. The molecule has 0 aliphatic rings. The zero-order chi connectivity index (χ0) is 33.5. The Morgan fingerprint density at radius 2 is 0.824 bits per heavy atom. The first-order valence-electron chi connectivity index (χ1n) is 17.6. The van der Waals surface area contributed by atoms with Gasteiger partial charge in [0.25, 0.3) is 0 Å². The molecule has 0 saturated heterocycles. The molecule has 0 saturated carbocycles. The molecule has 0 unspecified atom stereocenters. The van der Waals surface area contributed by atoms with Gasteiger partial charge in [0.15, 0.2) is 0 Å². The van der Waals surface area contributed by atoms with Crippen molar-refractivity contribution in [1.29, 1.82) is 0 Å². The summed E-state index contributed by atoms with van der Waals surface area (Å²) in [7, 11) is 0. The Morgan fingerprint density at radius 1 is 0.294 bits per heavy atom. The van der Waals surface area contributed by atoms with Gasteiger partial charge < -0.3 is 4.42 Å². The average molecular weight is 647 g/mol. The van der Waals surface area contributed by atoms with Gasteiger partial charge in [0.05, 0.1) is 0 Å². The fourth-order valence-electron chi connectivity index (χ4n) is 8.62. The smallest absolute Gasteiger partial charge is 0.143 e. The lowest BCUT2D eigenvalue weighted by Crippen LogP contribution is -1.92. The summed E-state index contributed by atoms with van der Waals surface area (Å²) in [4.78, 5) is 0. The van der Waals surface area contributed by atoms with Crippen molar-refractivity contribution in [1.82, 2.24) is 0 Å². The molecule has 0 fully saturated rings. The Labute approximate surface area is 294 Å². The molecule has 1 aromatic heterocycles. The fraction of sp³-hybridized carbons (Fsp3) is 0. The van der Waals surface area contributed by atoms with Gasteiger partial charge in [-0.15, -0.1) is 0 Å². The van der Waals surface area contributed by atoms with Crippen molar-refractivity contribution in [3.63, 3.8) is 0 Å². The van der Waals surface area contributed by atoms with E-state index in [-0.39, 0.29) is 0 Å². The van der Waals surface area contributed by atoms with Gasteiger partial charge >= 0.3 is 0 Å². The van der Waals surface area contributed by atoms with Crippen LogP contribution in [0.4, 0.5) is 0 Å². The van der Waals surface area contributed by atoms with Crippen molar-refractivity contribution < 1.29 is 4.42 Å². The van der Waals surface area contributed by atoms with Gasteiger partial charge in [0, 0.05) is 16.2 Å². The fourth-order valence-corrected chi connectivity index (χ4v) is 8.62. The van der Waals surface area contributed by atoms with Crippen LogP contribution < -0.4 is 0 Å². The summed E-state index contributed by atoms with van der Waals surface area (Å²) >= 11 is 0. The molecule has 0 atom stereocenters. The number of furan rings is 1. The summed E-state index contributed by atoms with van der Waals surface area (Å²) in [5, 5.41) is 14.5. The van der Waals surface area contributed by atoms with Crippen LogP contribution in [0.5, 0.6) is 0 Å². The Hall–Kier alpha value is -6.70. The van der Waals surface area contributed by atoms with E-state index >= 15 is 0 Å². The zero-order valence-corrected chi connectivity index (χ0v) is 27.7. The summed E-state index contributed by atoms with van der Waals surface area (Å²) in [6.07, 6.45) is 0. The van der Waals surface area contributed by atoms with E-state index in [1.54, 1.807) is 0 Å². The van der Waals surface area contributed by atoms with Crippen molar-refractivity contribution in [3.05, 3.63) is 182 Å². The van der Waals surface area contributed by atoms with Crippen LogP contribution in [0.3, 0.4) is 0 Å². The predicted octanol–water partition coefficient (Wildman–Crippen LogP) is 14.4. The standard InChI is InChI=1S/C50H30O/c1-3-18-35-31(13-1)15-12-26-36(35)33-16-11-17-34(29-33)47-40-22-7-9-24-42(40)48(43-25-10-8-23-41(43)47)45-30-46-49(39-21-6-5-20-38(39)45)44-28-27-32-14-2-4-19-37(32)50(44)51-46/h1-30H. The van der Waals surface area contributed by atoms with Crippen LogP contribution >= 0.6 is 0 Å². The van der Waals surface area contributed by atoms with Crippen molar-refractivity contribution in [2.24, 2.45) is 0 Å². The lowest BCUT2D eigenvalue weighted by Gasteiger charge is -2.19. The first-order chi connectivity index (χ1) is 25.3. The Morgan fingerprint density at radius 3 is 1.55 bits per heavy atom. The molecule has 0 spiro atoms. The number of benzene rings is 10. The minimum Gasteiger partial charge on any atom is -0.455 e. The van der Waals surface area contributed by atoms with E-state index < -0.39 is 0 Å². The Kier molecular flexibility index (Phi) is 6.02. The highest BCUT2D eigenvalue weighted by atomic mass is 16.3. The van der Waals surface area contributed by atoms with Gasteiger partial charge in [-0.1, -0.05) is 164 Å². The maximum Gasteiger partial charge on any atom is 0.143 e. The maximum absolute atomic E-state index is 6.84. The number of hydrogen-bond acceptors (Lipinski definition) is 1. The summed E-state index contributed by atoms with van der Waals surface area (Å²) in [6, 6.07) is 66.2. The average Bonchev–Trinajstić information content (AvgIpc) is 3.59. The molecule has 0 radical (unpaired) electrons. The summed E-state index contributed by atoms with van der Waals surface area (Å²) < 4.78 is 6.84. The Balaban J connectivity index is 1.22. The molecule has 236 valence electrons. The van der Waals surface area contributed by atoms with Crippen molar-refractivity contribution in [2.75, 3.05) is 0 Å². The highest BCUT2D eigenvalue weighted by Crippen LogP contribution is 2.48. The molecule has 0 amide bonds. The monoisotopic (exact) mass is 646 g/mol. The quantitative estimate of drug-likeness (QED) is 0.174. The third kappa shape index (κ3) is 4.16. The van der Waals surface area contributed by atoms with Crippen molar-refractivity contribution in [3.8, 4) is 33.4 Å². The third-order valence-electron chi connectivity index (χ3n) is 10.8. The van der Waals surface area contributed by atoms with E-state index in [0.29, 0.717) is 0 Å². The second kappa shape index (κ2) is 10.9. The number of hydrogen-bond donors (Lipinski definition) is 0. The van der Waals surface area contributed by atoms with E-state index in [1.165, 1.54) is 87.2 Å². The molecule has 1 heterocycles. The van der Waals surface area contributed by atoms with Gasteiger partial charge in [0.2, 0.25) is 0 Å². The van der Waals surface area contributed by atoms with E-state index in [9.17, 15) is 0 Å². The van der Waals surface area contributed by atoms with Crippen LogP contribution in [-0.4, -0.2) is 0 Å². The van der Waals surface area contributed by atoms with Crippen LogP contribution in [-0.2, 0) is 0 Å². The van der Waals surface area contributed by atoms with Crippen molar-refractivity contribution in [2.45, 2.75) is 0 Å². The molecule has 1 nitrogen and oxygen atoms in total. The van der Waals surface area contributed by atoms with Gasteiger partial charge in [0.1, 0.15) is 11.2 Å². The minimum absolute atomic E-state index is 0.912. The predicted molar refractivity (Wildman–Crippen MR) is 218 cm³/mol. The van der Waals surface area contributed by atoms with Gasteiger partial charge in [-0.05, 0) is 100 Å². The molecule has 0 bridgehead atoms. The largest absolute Gasteiger partial charge is 0.455 e. The van der Waals surface area contributed by atoms with Crippen LogP contribution in [0.25, 0.3) is 109 Å². The molecular weight excluding hydrogens is 617 g/mol. The normalized spacial score (nSPS) is 11.9. The first kappa shape index (κ1) is 28.2. The van der Waals surface area contributed by atoms with Crippen LogP contribution in [0.15, 0.2) is 186 Å². The first-order valence-corrected chi connectivity index (χ1v) is 17.6. The van der Waals surface area contributed by atoms with Crippen LogP contribution in [0.2, 0.25) is 0 Å². The number of rotatable bonds is 3. The lowest BCUT2D eigenvalue weighted by molar-refractivity contribution is 0.673. The molecule has 0 N–H and O–H groups in total. The Bertz CT molecular complexity index is 3130. The maximum atomic E-state index is 6.84. The van der Waals surface area contributed by atoms with Crippen LogP contribution in [0.1, 0.15) is 0 Å². The summed E-state index contributed by atoms with van der Waals surface area (Å²) in [5.74, 6) is 0. The third-order valence-corrected chi connectivity index (χ3v) is 10.8. The van der Waals surface area contributed by atoms with E-state index in [4.69, 9.17) is 4.42 Å². The van der Waals surface area contributed by atoms with E-state index in [1.807, 2.05) is 0 Å². The van der Waals surface area contributed by atoms with Crippen molar-refractivity contribution >= 4 is 75.8 Å². The summed E-state index contributed by atoms with van der Waals surface area (Å²) in [5.41, 5.74) is 9.21. The van der Waals surface area contributed by atoms with Gasteiger partial charge in [-0.2, -0.15) is 0 Å². The molecule has 0 aliphatic heterocycles. The van der Waals surface area contributed by atoms with Gasteiger partial charge in [-0.25, -0.2) is 0 Å². The van der Waals surface area contributed by atoms with E-state index in [2.05, 4.69) is 182 Å². The zero-order valence-electron chi connectivity index (χ0n) is 27.7. The second-order valence-corrected chi connectivity index (χ2v) is 13.6. The van der Waals surface area contributed by atoms with E-state index in [0.717, 1.165) is 21.9 Å². The lowest BCUT2D eigenvalue weighted by atomic mass is 9.83. The van der Waals surface area contributed by atoms with Gasteiger partial charge in [-0.3, -0.25) is 0 Å². The number of fused-ring (bicyclic) bond motifs is 10. The van der Waals surface area contributed by atoms with Crippen LogP contribution in [0, 0.1) is 0 Å². The minimum atomic E-state index is 0.912. The molecule has 0 aliphatic carbocycles. The molecular formula is C50H30O. The highest BCUT2D eigenvalue weighted by Gasteiger charge is 2.21.